The monoisotopic (exact) mass is 488 g/mol. The van der Waals surface area contributed by atoms with Crippen molar-refractivity contribution in [1.82, 2.24) is 5.32 Å². The van der Waals surface area contributed by atoms with Crippen LogP contribution in [0, 0.1) is 5.82 Å². The van der Waals surface area contributed by atoms with E-state index in [2.05, 4.69) is 10.0 Å². The van der Waals surface area contributed by atoms with Gasteiger partial charge in [-0.25, -0.2) is 17.6 Å². The van der Waals surface area contributed by atoms with Crippen molar-refractivity contribution in [3.63, 3.8) is 0 Å². The second kappa shape index (κ2) is 9.30. The number of sulfonamides is 1. The summed E-state index contributed by atoms with van der Waals surface area (Å²) in [6, 6.07) is 8.37. The second-order valence-corrected chi connectivity index (χ2v) is 10.3. The zero-order chi connectivity index (χ0) is 25.3. The van der Waals surface area contributed by atoms with Gasteiger partial charge >= 0.3 is 5.97 Å². The molecule has 0 bridgehead atoms. The van der Waals surface area contributed by atoms with Crippen LogP contribution < -0.4 is 10.0 Å². The normalized spacial score (nSPS) is 12.2. The van der Waals surface area contributed by atoms with E-state index in [1.165, 1.54) is 55.6 Å². The molecule has 10 heteroatoms. The highest BCUT2D eigenvalue weighted by Gasteiger charge is 2.23. The van der Waals surface area contributed by atoms with E-state index in [-0.39, 0.29) is 22.6 Å². The smallest absolute Gasteiger partial charge is 0.331 e. The number of carbonyl (C=O) groups is 2. The fraction of sp³-hybridized carbons (Fsp3) is 0.250. The van der Waals surface area contributed by atoms with E-state index in [9.17, 15) is 22.4 Å². The van der Waals surface area contributed by atoms with Gasteiger partial charge in [0.1, 0.15) is 22.8 Å². The first-order valence-corrected chi connectivity index (χ1v) is 12.1. The molecule has 1 amide bonds. The Hall–Kier alpha value is -3.66. The van der Waals surface area contributed by atoms with E-state index in [4.69, 9.17) is 9.15 Å². The summed E-state index contributed by atoms with van der Waals surface area (Å²) >= 11 is 0. The Labute approximate surface area is 196 Å². The molecule has 0 aliphatic rings. The van der Waals surface area contributed by atoms with Crippen LogP contribution in [-0.4, -0.2) is 39.2 Å². The van der Waals surface area contributed by atoms with Gasteiger partial charge in [0, 0.05) is 30.1 Å². The zero-order valence-corrected chi connectivity index (χ0v) is 20.2. The lowest BCUT2D eigenvalue weighted by atomic mass is 10.0. The molecule has 180 valence electrons. The zero-order valence-electron chi connectivity index (χ0n) is 19.4. The van der Waals surface area contributed by atoms with Crippen LogP contribution in [0.25, 0.3) is 28.4 Å². The number of ether oxygens (including phenoxy) is 1. The standard InChI is InChI=1S/C24H25FN2O6S/c1-24(2,3)33-20(28)11-8-15-12-17-19(13-18(15)27-34(5,30)31)32-22(21(17)23(29)26-4)14-6-9-16(25)10-7-14/h6-13,27H,1-5H3,(H,26,29). The molecular weight excluding hydrogens is 463 g/mol. The maximum atomic E-state index is 13.4. The van der Waals surface area contributed by atoms with E-state index < -0.39 is 33.3 Å². The van der Waals surface area contributed by atoms with Crippen LogP contribution in [0.2, 0.25) is 0 Å². The Morgan fingerprint density at radius 2 is 1.76 bits per heavy atom. The number of halogens is 1. The summed E-state index contributed by atoms with van der Waals surface area (Å²) in [6.07, 6.45) is 3.54. The number of anilines is 1. The molecule has 34 heavy (non-hydrogen) atoms. The number of furan rings is 1. The number of hydrogen-bond donors (Lipinski definition) is 2. The van der Waals surface area contributed by atoms with E-state index in [0.717, 1.165) is 6.26 Å². The van der Waals surface area contributed by atoms with Crippen LogP contribution in [0.4, 0.5) is 10.1 Å². The molecule has 1 heterocycles. The summed E-state index contributed by atoms with van der Waals surface area (Å²) in [7, 11) is -2.22. The van der Waals surface area contributed by atoms with E-state index in [1.54, 1.807) is 20.8 Å². The topological polar surface area (TPSA) is 115 Å². The third-order valence-corrected chi connectivity index (χ3v) is 5.11. The summed E-state index contributed by atoms with van der Waals surface area (Å²) in [5, 5.41) is 2.93. The minimum Gasteiger partial charge on any atom is -0.457 e. The molecule has 0 unspecified atom stereocenters. The molecule has 3 rings (SSSR count). The first-order valence-electron chi connectivity index (χ1n) is 10.2. The number of fused-ring (bicyclic) bond motifs is 1. The number of hydrogen-bond acceptors (Lipinski definition) is 6. The molecule has 8 nitrogen and oxygen atoms in total. The lowest BCUT2D eigenvalue weighted by molar-refractivity contribution is -0.148. The van der Waals surface area contributed by atoms with Crippen LogP contribution in [0.5, 0.6) is 0 Å². The number of benzene rings is 2. The minimum atomic E-state index is -3.68. The summed E-state index contributed by atoms with van der Waals surface area (Å²) in [5.41, 5.74) is 0.596. The second-order valence-electron chi connectivity index (χ2n) is 8.57. The SMILES string of the molecule is CNC(=O)c1c(-c2ccc(F)cc2)oc2cc(NS(C)(=O)=O)c(C=CC(=O)OC(C)(C)C)cc12. The van der Waals surface area contributed by atoms with Crippen molar-refractivity contribution in [2.75, 3.05) is 18.0 Å². The molecule has 0 radical (unpaired) electrons. The Morgan fingerprint density at radius 1 is 1.12 bits per heavy atom. The molecule has 1 aromatic heterocycles. The number of carbonyl (C=O) groups excluding carboxylic acids is 2. The molecule has 3 aromatic rings. The highest BCUT2D eigenvalue weighted by molar-refractivity contribution is 7.92. The summed E-state index contributed by atoms with van der Waals surface area (Å²) < 4.78 is 50.9. The number of nitrogens with one attached hydrogen (secondary N) is 2. The van der Waals surface area contributed by atoms with Crippen molar-refractivity contribution in [2.24, 2.45) is 0 Å². The van der Waals surface area contributed by atoms with Crippen LogP contribution in [0.15, 0.2) is 46.9 Å². The molecule has 0 aliphatic heterocycles. The fourth-order valence-electron chi connectivity index (χ4n) is 3.23. The maximum Gasteiger partial charge on any atom is 0.331 e. The van der Waals surface area contributed by atoms with Crippen LogP contribution in [0.1, 0.15) is 36.7 Å². The highest BCUT2D eigenvalue weighted by Crippen LogP contribution is 2.37. The van der Waals surface area contributed by atoms with Crippen molar-refractivity contribution in [2.45, 2.75) is 26.4 Å². The third kappa shape index (κ3) is 6.02. The average molecular weight is 489 g/mol. The lowest BCUT2D eigenvalue weighted by Gasteiger charge is -2.18. The van der Waals surface area contributed by atoms with Crippen molar-refractivity contribution in [3.8, 4) is 11.3 Å². The van der Waals surface area contributed by atoms with Gasteiger partial charge in [-0.3, -0.25) is 9.52 Å². The number of amides is 1. The highest BCUT2D eigenvalue weighted by atomic mass is 32.2. The first-order chi connectivity index (χ1) is 15.8. The summed E-state index contributed by atoms with van der Waals surface area (Å²) in [4.78, 5) is 24.9. The molecule has 0 atom stereocenters. The van der Waals surface area contributed by atoms with Gasteiger partial charge < -0.3 is 14.5 Å². The lowest BCUT2D eigenvalue weighted by Crippen LogP contribution is -2.22. The molecule has 0 saturated heterocycles. The van der Waals surface area contributed by atoms with Gasteiger partial charge in [0.05, 0.1) is 17.5 Å². The van der Waals surface area contributed by atoms with E-state index >= 15 is 0 Å². The Morgan fingerprint density at radius 3 is 2.32 bits per heavy atom. The van der Waals surface area contributed by atoms with Crippen molar-refractivity contribution in [3.05, 3.63) is 59.4 Å². The Balaban J connectivity index is 2.23. The quantitative estimate of drug-likeness (QED) is 0.394. The molecule has 0 aliphatic carbocycles. The van der Waals surface area contributed by atoms with Gasteiger partial charge in [-0.15, -0.1) is 0 Å². The summed E-state index contributed by atoms with van der Waals surface area (Å²) in [5.74, 6) is -1.34. The van der Waals surface area contributed by atoms with Crippen LogP contribution >= 0.6 is 0 Å². The van der Waals surface area contributed by atoms with E-state index in [0.29, 0.717) is 16.5 Å². The third-order valence-electron chi connectivity index (χ3n) is 4.52. The van der Waals surface area contributed by atoms with Crippen LogP contribution in [0.3, 0.4) is 0 Å². The number of esters is 1. The van der Waals surface area contributed by atoms with E-state index in [1.807, 2.05) is 0 Å². The van der Waals surface area contributed by atoms with Gasteiger partial charge in [-0.05, 0) is 62.7 Å². The predicted octanol–water partition coefficient (Wildman–Crippen LogP) is 4.32. The van der Waals surface area contributed by atoms with Gasteiger partial charge in [0.2, 0.25) is 10.0 Å². The molecule has 0 spiro atoms. The van der Waals surface area contributed by atoms with Crippen molar-refractivity contribution in [1.29, 1.82) is 0 Å². The van der Waals surface area contributed by atoms with Gasteiger partial charge in [-0.1, -0.05) is 0 Å². The predicted molar refractivity (Wildman–Crippen MR) is 128 cm³/mol. The molecule has 0 saturated carbocycles. The Bertz CT molecular complexity index is 1380. The Kier molecular flexibility index (Phi) is 6.83. The van der Waals surface area contributed by atoms with Crippen LogP contribution in [-0.2, 0) is 19.6 Å². The average Bonchev–Trinajstić information content (AvgIpc) is 3.07. The maximum absolute atomic E-state index is 13.4. The van der Waals surface area contributed by atoms with Gasteiger partial charge in [-0.2, -0.15) is 0 Å². The van der Waals surface area contributed by atoms with Crippen molar-refractivity contribution < 1.29 is 31.6 Å². The molecule has 2 N–H and O–H groups in total. The molecule has 2 aromatic carbocycles. The first kappa shape index (κ1) is 25.0. The number of rotatable bonds is 6. The molecular formula is C24H25FN2O6S. The minimum absolute atomic E-state index is 0.137. The fourth-order valence-corrected chi connectivity index (χ4v) is 3.81. The van der Waals surface area contributed by atoms with Gasteiger partial charge in [0.15, 0.2) is 0 Å². The van der Waals surface area contributed by atoms with Crippen molar-refractivity contribution >= 4 is 44.6 Å². The summed E-state index contributed by atoms with van der Waals surface area (Å²) in [6.45, 7) is 5.17. The largest absolute Gasteiger partial charge is 0.457 e. The van der Waals surface area contributed by atoms with Gasteiger partial charge in [0.25, 0.3) is 5.91 Å². The molecule has 0 fully saturated rings.